The molecule has 0 aromatic carbocycles. The Morgan fingerprint density at radius 3 is 2.46 bits per heavy atom. The first-order valence-corrected chi connectivity index (χ1v) is 4.23. The molecule has 1 aromatic heterocycles. The van der Waals surface area contributed by atoms with E-state index in [1.165, 1.54) is 0 Å². The molecule has 0 atom stereocenters. The average Bonchev–Trinajstić information content (AvgIpc) is 2.18. The van der Waals surface area contributed by atoms with Crippen LogP contribution in [0.4, 0.5) is 0 Å². The number of nitrogens with two attached hydrogens (primary N) is 1. The summed E-state index contributed by atoms with van der Waals surface area (Å²) in [5, 5.41) is 0. The minimum Gasteiger partial charge on any atom is -0.329 e. The van der Waals surface area contributed by atoms with Crippen LogP contribution >= 0.6 is 0 Å². The molecule has 0 aliphatic carbocycles. The second-order valence-electron chi connectivity index (χ2n) is 3.65. The maximum atomic E-state index is 11.8. The minimum atomic E-state index is -0.485. The summed E-state index contributed by atoms with van der Waals surface area (Å²) < 4.78 is 0. The summed E-state index contributed by atoms with van der Waals surface area (Å²) in [7, 11) is 0. The van der Waals surface area contributed by atoms with E-state index in [0.29, 0.717) is 12.1 Å². The summed E-state index contributed by atoms with van der Waals surface area (Å²) in [6.07, 6.45) is 3.22. The average molecular weight is 178 g/mol. The molecular weight excluding hydrogens is 164 g/mol. The Hall–Kier alpha value is -1.22. The van der Waals surface area contributed by atoms with Gasteiger partial charge in [0.2, 0.25) is 0 Å². The van der Waals surface area contributed by atoms with Gasteiger partial charge < -0.3 is 5.73 Å². The van der Waals surface area contributed by atoms with E-state index in [1.54, 1.807) is 24.5 Å². The molecule has 2 N–H and O–H groups in total. The normalized spacial score (nSPS) is 11.3. The van der Waals surface area contributed by atoms with E-state index >= 15 is 0 Å². The van der Waals surface area contributed by atoms with Crippen molar-refractivity contribution in [2.45, 2.75) is 13.8 Å². The largest absolute Gasteiger partial charge is 0.329 e. The third-order valence-electron chi connectivity index (χ3n) is 2.07. The van der Waals surface area contributed by atoms with Crippen LogP contribution < -0.4 is 5.73 Å². The number of nitrogens with zero attached hydrogens (tertiary/aromatic N) is 1. The number of Topliss-reactive ketones (excluding diaryl/α,β-unsaturated/α-hetero) is 1. The molecule has 70 valence electrons. The van der Waals surface area contributed by atoms with Crippen LogP contribution in [0.25, 0.3) is 0 Å². The third kappa shape index (κ3) is 2.12. The Morgan fingerprint density at radius 1 is 1.46 bits per heavy atom. The summed E-state index contributed by atoms with van der Waals surface area (Å²) in [6, 6.07) is 3.42. The van der Waals surface area contributed by atoms with Gasteiger partial charge in [0.25, 0.3) is 0 Å². The number of carbonyl (C=O) groups is 1. The van der Waals surface area contributed by atoms with Crippen molar-refractivity contribution in [2.24, 2.45) is 11.1 Å². The zero-order valence-electron chi connectivity index (χ0n) is 7.95. The number of hydrogen-bond donors (Lipinski definition) is 1. The van der Waals surface area contributed by atoms with Crippen molar-refractivity contribution < 1.29 is 4.79 Å². The molecule has 0 spiro atoms. The van der Waals surface area contributed by atoms with Crippen molar-refractivity contribution in [1.29, 1.82) is 0 Å². The number of pyridine rings is 1. The first kappa shape index (κ1) is 9.86. The highest BCUT2D eigenvalue weighted by atomic mass is 16.1. The summed E-state index contributed by atoms with van der Waals surface area (Å²) in [5.74, 6) is 0.0670. The van der Waals surface area contributed by atoms with Crippen LogP contribution in [-0.2, 0) is 0 Å². The van der Waals surface area contributed by atoms with Crippen molar-refractivity contribution in [1.82, 2.24) is 4.98 Å². The van der Waals surface area contributed by atoms with Crippen LogP contribution in [0.3, 0.4) is 0 Å². The standard InChI is InChI=1S/C10H14N2O/c1-10(2,7-11)9(13)8-3-5-12-6-4-8/h3-6H,7,11H2,1-2H3. The predicted octanol–water partition coefficient (Wildman–Crippen LogP) is 1.25. The van der Waals surface area contributed by atoms with Gasteiger partial charge in [-0.25, -0.2) is 0 Å². The Balaban J connectivity index is 2.93. The molecule has 0 radical (unpaired) electrons. The highest BCUT2D eigenvalue weighted by molar-refractivity contribution is 6.00. The van der Waals surface area contributed by atoms with Crippen LogP contribution in [0.5, 0.6) is 0 Å². The molecule has 0 bridgehead atoms. The Kier molecular flexibility index (Phi) is 2.78. The minimum absolute atomic E-state index is 0.0670. The van der Waals surface area contributed by atoms with Gasteiger partial charge in [-0.15, -0.1) is 0 Å². The van der Waals surface area contributed by atoms with Crippen LogP contribution in [-0.4, -0.2) is 17.3 Å². The van der Waals surface area contributed by atoms with Gasteiger partial charge in [0, 0.05) is 29.9 Å². The molecule has 13 heavy (non-hydrogen) atoms. The van der Waals surface area contributed by atoms with Crippen molar-refractivity contribution in [2.75, 3.05) is 6.54 Å². The van der Waals surface area contributed by atoms with E-state index in [4.69, 9.17) is 5.73 Å². The van der Waals surface area contributed by atoms with E-state index < -0.39 is 5.41 Å². The van der Waals surface area contributed by atoms with E-state index in [-0.39, 0.29) is 5.78 Å². The molecular formula is C10H14N2O. The summed E-state index contributed by atoms with van der Waals surface area (Å²) >= 11 is 0. The molecule has 0 amide bonds. The Labute approximate surface area is 78.0 Å². The van der Waals surface area contributed by atoms with E-state index in [1.807, 2.05) is 13.8 Å². The first-order chi connectivity index (χ1) is 6.08. The fourth-order valence-corrected chi connectivity index (χ4v) is 0.987. The lowest BCUT2D eigenvalue weighted by Gasteiger charge is -2.20. The van der Waals surface area contributed by atoms with E-state index in [2.05, 4.69) is 4.98 Å². The van der Waals surface area contributed by atoms with E-state index in [0.717, 1.165) is 0 Å². The van der Waals surface area contributed by atoms with Crippen molar-refractivity contribution in [3.8, 4) is 0 Å². The van der Waals surface area contributed by atoms with Crippen molar-refractivity contribution in [3.05, 3.63) is 30.1 Å². The lowest BCUT2D eigenvalue weighted by Crippen LogP contribution is -2.32. The van der Waals surface area contributed by atoms with Crippen LogP contribution in [0.1, 0.15) is 24.2 Å². The molecule has 0 fully saturated rings. The maximum absolute atomic E-state index is 11.8. The zero-order valence-corrected chi connectivity index (χ0v) is 7.95. The first-order valence-electron chi connectivity index (χ1n) is 4.23. The lowest BCUT2D eigenvalue weighted by atomic mass is 9.85. The van der Waals surface area contributed by atoms with Gasteiger partial charge in [-0.2, -0.15) is 0 Å². The van der Waals surface area contributed by atoms with Gasteiger partial charge in [-0.05, 0) is 12.1 Å². The fraction of sp³-hybridized carbons (Fsp3) is 0.400. The molecule has 0 unspecified atom stereocenters. The van der Waals surface area contributed by atoms with Crippen LogP contribution in [0.2, 0.25) is 0 Å². The topological polar surface area (TPSA) is 56.0 Å². The molecule has 3 heteroatoms. The number of hydrogen-bond acceptors (Lipinski definition) is 3. The van der Waals surface area contributed by atoms with Gasteiger partial charge >= 0.3 is 0 Å². The SMILES string of the molecule is CC(C)(CN)C(=O)c1ccncc1. The number of ketones is 1. The quantitative estimate of drug-likeness (QED) is 0.709. The molecule has 1 rings (SSSR count). The lowest BCUT2D eigenvalue weighted by molar-refractivity contribution is 0.0847. The highest BCUT2D eigenvalue weighted by Crippen LogP contribution is 2.19. The Bertz CT molecular complexity index is 293. The second-order valence-corrected chi connectivity index (χ2v) is 3.65. The zero-order chi connectivity index (χ0) is 9.90. The second kappa shape index (κ2) is 3.66. The summed E-state index contributed by atoms with van der Waals surface area (Å²) in [5.41, 5.74) is 5.70. The van der Waals surface area contributed by atoms with Crippen molar-refractivity contribution >= 4 is 5.78 Å². The van der Waals surface area contributed by atoms with Gasteiger partial charge in [0.1, 0.15) is 0 Å². The molecule has 3 nitrogen and oxygen atoms in total. The molecule has 0 saturated heterocycles. The van der Waals surface area contributed by atoms with Gasteiger partial charge in [-0.3, -0.25) is 9.78 Å². The molecule has 0 aliphatic rings. The number of aromatic nitrogens is 1. The third-order valence-corrected chi connectivity index (χ3v) is 2.07. The summed E-state index contributed by atoms with van der Waals surface area (Å²) in [6.45, 7) is 4.04. The summed E-state index contributed by atoms with van der Waals surface area (Å²) in [4.78, 5) is 15.6. The van der Waals surface area contributed by atoms with Gasteiger partial charge in [-0.1, -0.05) is 13.8 Å². The fourth-order valence-electron chi connectivity index (χ4n) is 0.987. The molecule has 1 heterocycles. The Morgan fingerprint density at radius 2 is 2.00 bits per heavy atom. The molecule has 1 aromatic rings. The van der Waals surface area contributed by atoms with Gasteiger partial charge in [0.15, 0.2) is 5.78 Å². The predicted molar refractivity (Wildman–Crippen MR) is 51.4 cm³/mol. The molecule has 0 saturated carbocycles. The van der Waals surface area contributed by atoms with Gasteiger partial charge in [0.05, 0.1) is 0 Å². The monoisotopic (exact) mass is 178 g/mol. The van der Waals surface area contributed by atoms with Crippen molar-refractivity contribution in [3.63, 3.8) is 0 Å². The molecule has 0 aliphatic heterocycles. The maximum Gasteiger partial charge on any atom is 0.169 e. The number of carbonyl (C=O) groups excluding carboxylic acids is 1. The highest BCUT2D eigenvalue weighted by Gasteiger charge is 2.26. The smallest absolute Gasteiger partial charge is 0.169 e. The van der Waals surface area contributed by atoms with Crippen LogP contribution in [0, 0.1) is 5.41 Å². The van der Waals surface area contributed by atoms with E-state index in [9.17, 15) is 4.79 Å². The number of rotatable bonds is 3. The van der Waals surface area contributed by atoms with Crippen LogP contribution in [0.15, 0.2) is 24.5 Å².